The van der Waals surface area contributed by atoms with Gasteiger partial charge in [0.25, 0.3) is 5.91 Å². The van der Waals surface area contributed by atoms with E-state index in [9.17, 15) is 31.1 Å². The van der Waals surface area contributed by atoms with Crippen LogP contribution in [-0.4, -0.2) is 61.8 Å². The number of alkyl halides is 6. The van der Waals surface area contributed by atoms with Gasteiger partial charge in [0.15, 0.2) is 0 Å². The number of halogens is 6. The lowest BCUT2D eigenvalue weighted by molar-refractivity contribution is -0.192. The third-order valence-electron chi connectivity index (χ3n) is 5.19. The van der Waals surface area contributed by atoms with E-state index in [1.54, 1.807) is 29.2 Å². The molecule has 1 fully saturated rings. The second-order valence-corrected chi connectivity index (χ2v) is 7.95. The molecule has 1 aromatic carbocycles. The van der Waals surface area contributed by atoms with E-state index in [0.29, 0.717) is 24.2 Å². The van der Waals surface area contributed by atoms with Crippen molar-refractivity contribution in [1.82, 2.24) is 30.6 Å². The zero-order valence-electron chi connectivity index (χ0n) is 18.8. The van der Waals surface area contributed by atoms with Gasteiger partial charge in [-0.2, -0.15) is 26.3 Å². The molecule has 3 N–H and O–H groups in total. The molecule has 198 valence electrons. The van der Waals surface area contributed by atoms with Crippen molar-refractivity contribution in [2.24, 2.45) is 0 Å². The largest absolute Gasteiger partial charge is 0.490 e. The Morgan fingerprint density at radius 3 is 2.41 bits per heavy atom. The highest BCUT2D eigenvalue weighted by Crippen LogP contribution is 2.32. The maximum absolute atomic E-state index is 13.0. The summed E-state index contributed by atoms with van der Waals surface area (Å²) >= 11 is 0. The second kappa shape index (κ2) is 11.4. The van der Waals surface area contributed by atoms with E-state index >= 15 is 0 Å². The molecule has 2 aromatic heterocycles. The normalized spacial score (nSPS) is 17.6. The lowest BCUT2D eigenvalue weighted by atomic mass is 10.0. The molecule has 1 aliphatic rings. The number of hydrogen-bond acceptors (Lipinski definition) is 6. The number of aromatic nitrogens is 4. The summed E-state index contributed by atoms with van der Waals surface area (Å²) in [5, 5.41) is 21.1. The summed E-state index contributed by atoms with van der Waals surface area (Å²) in [4.78, 5) is 25.6. The van der Waals surface area contributed by atoms with Crippen molar-refractivity contribution in [2.45, 2.75) is 37.4 Å². The van der Waals surface area contributed by atoms with Crippen LogP contribution in [0.25, 0.3) is 11.1 Å². The average molecular weight is 530 g/mol. The number of carboxylic acids is 1. The van der Waals surface area contributed by atoms with Crippen LogP contribution in [0.5, 0.6) is 0 Å². The Hall–Kier alpha value is -4.01. The summed E-state index contributed by atoms with van der Waals surface area (Å²) in [7, 11) is 0. The van der Waals surface area contributed by atoms with Crippen molar-refractivity contribution < 1.29 is 41.0 Å². The van der Waals surface area contributed by atoms with Gasteiger partial charge < -0.3 is 15.7 Å². The number of carboxylic acid groups (broad SMARTS) is 1. The summed E-state index contributed by atoms with van der Waals surface area (Å²) in [6, 6.07) is 8.15. The van der Waals surface area contributed by atoms with Gasteiger partial charge in [0.2, 0.25) is 0 Å². The molecule has 15 heteroatoms. The van der Waals surface area contributed by atoms with Gasteiger partial charge in [-0.15, -0.1) is 5.10 Å². The van der Waals surface area contributed by atoms with Crippen molar-refractivity contribution in [1.29, 1.82) is 0 Å². The Labute approximate surface area is 205 Å². The number of hydrogen-bond donors (Lipinski definition) is 3. The lowest BCUT2D eigenvalue weighted by Crippen LogP contribution is -2.36. The first-order chi connectivity index (χ1) is 17.3. The first-order valence-electron chi connectivity index (χ1n) is 10.6. The van der Waals surface area contributed by atoms with Gasteiger partial charge in [-0.1, -0.05) is 17.3 Å². The van der Waals surface area contributed by atoms with Crippen LogP contribution < -0.4 is 10.6 Å². The predicted molar refractivity (Wildman–Crippen MR) is 116 cm³/mol. The van der Waals surface area contributed by atoms with Gasteiger partial charge in [0.1, 0.15) is 5.69 Å². The summed E-state index contributed by atoms with van der Waals surface area (Å²) < 4.78 is 72.4. The van der Waals surface area contributed by atoms with Crippen molar-refractivity contribution in [2.75, 3.05) is 6.54 Å². The SMILES string of the molecule is O=C(N[C@H]1CN[C@H](Cn2ccnn2)C1)c1cc(-c2cccc(C(F)(F)F)c2)ccn1.O=C(O)C(F)(F)F. The molecule has 3 aromatic rings. The van der Waals surface area contributed by atoms with Crippen molar-refractivity contribution in [3.8, 4) is 11.1 Å². The number of pyridine rings is 1. The summed E-state index contributed by atoms with van der Waals surface area (Å²) in [6.07, 6.45) is -3.99. The fraction of sp³-hybridized carbons (Fsp3) is 0.318. The highest BCUT2D eigenvalue weighted by atomic mass is 19.4. The minimum atomic E-state index is -5.08. The van der Waals surface area contributed by atoms with E-state index in [1.165, 1.54) is 18.3 Å². The quantitative estimate of drug-likeness (QED) is 0.434. The number of nitrogens with one attached hydrogen (secondary N) is 2. The van der Waals surface area contributed by atoms with Crippen molar-refractivity contribution in [3.63, 3.8) is 0 Å². The number of nitrogens with zero attached hydrogens (tertiary/aromatic N) is 4. The zero-order chi connectivity index (χ0) is 27.2. The Bertz CT molecular complexity index is 1220. The lowest BCUT2D eigenvalue weighted by Gasteiger charge is -2.13. The Balaban J connectivity index is 0.000000479. The fourth-order valence-corrected chi connectivity index (χ4v) is 3.49. The van der Waals surface area contributed by atoms with Crippen LogP contribution in [0.15, 0.2) is 55.0 Å². The Morgan fingerprint density at radius 2 is 1.78 bits per heavy atom. The minimum absolute atomic E-state index is 0.0787. The standard InChI is InChI=1S/C20H19F3N6O.C2HF3O2/c21-20(22,23)15-3-1-2-13(8-15)14-4-5-24-18(9-14)19(30)27-16-10-17(25-11-16)12-29-7-6-26-28-29;3-2(4,5)1(6)7/h1-9,16-17,25H,10-12H2,(H,27,30);(H,6,7)/t16-,17+;/m1./s1. The Kier molecular flexibility index (Phi) is 8.47. The molecule has 0 unspecified atom stereocenters. The van der Waals surface area contributed by atoms with Crippen LogP contribution in [0.2, 0.25) is 0 Å². The van der Waals surface area contributed by atoms with Gasteiger partial charge in [0.05, 0.1) is 18.3 Å². The molecular formula is C22H20F6N6O3. The molecule has 0 saturated carbocycles. The highest BCUT2D eigenvalue weighted by molar-refractivity contribution is 5.93. The Morgan fingerprint density at radius 1 is 1.08 bits per heavy atom. The van der Waals surface area contributed by atoms with Crippen LogP contribution >= 0.6 is 0 Å². The number of rotatable bonds is 5. The molecule has 4 rings (SSSR count). The topological polar surface area (TPSA) is 122 Å². The number of benzene rings is 1. The first kappa shape index (κ1) is 27.6. The van der Waals surface area contributed by atoms with Crippen LogP contribution in [0.1, 0.15) is 22.5 Å². The third kappa shape index (κ3) is 7.99. The number of carbonyl (C=O) groups excluding carboxylic acids is 1. The molecule has 1 aliphatic heterocycles. The molecule has 37 heavy (non-hydrogen) atoms. The molecular weight excluding hydrogens is 510 g/mol. The van der Waals surface area contributed by atoms with Crippen LogP contribution in [0, 0.1) is 0 Å². The predicted octanol–water partition coefficient (Wildman–Crippen LogP) is 3.15. The van der Waals surface area contributed by atoms with Crippen LogP contribution in [-0.2, 0) is 17.5 Å². The van der Waals surface area contributed by atoms with Gasteiger partial charge in [-0.05, 0) is 41.8 Å². The second-order valence-electron chi connectivity index (χ2n) is 7.95. The van der Waals surface area contributed by atoms with E-state index in [4.69, 9.17) is 9.90 Å². The van der Waals surface area contributed by atoms with Gasteiger partial charge >= 0.3 is 18.3 Å². The monoisotopic (exact) mass is 530 g/mol. The van der Waals surface area contributed by atoms with Crippen LogP contribution in [0.4, 0.5) is 26.3 Å². The maximum atomic E-state index is 13.0. The van der Waals surface area contributed by atoms with E-state index < -0.39 is 23.9 Å². The highest BCUT2D eigenvalue weighted by Gasteiger charge is 2.38. The zero-order valence-corrected chi connectivity index (χ0v) is 18.8. The van der Waals surface area contributed by atoms with E-state index in [1.807, 2.05) is 0 Å². The van der Waals surface area contributed by atoms with E-state index in [2.05, 4.69) is 25.9 Å². The fourth-order valence-electron chi connectivity index (χ4n) is 3.49. The van der Waals surface area contributed by atoms with E-state index in [0.717, 1.165) is 18.6 Å². The molecule has 0 radical (unpaired) electrons. The molecule has 9 nitrogen and oxygen atoms in total. The van der Waals surface area contributed by atoms with Crippen LogP contribution in [0.3, 0.4) is 0 Å². The third-order valence-corrected chi connectivity index (χ3v) is 5.19. The molecule has 0 spiro atoms. The molecule has 2 atom stereocenters. The van der Waals surface area contributed by atoms with Gasteiger partial charge in [-0.3, -0.25) is 14.5 Å². The molecule has 0 bridgehead atoms. The molecule has 0 aliphatic carbocycles. The summed E-state index contributed by atoms with van der Waals surface area (Å²) in [6.45, 7) is 1.26. The van der Waals surface area contributed by atoms with Gasteiger partial charge in [-0.25, -0.2) is 4.79 Å². The van der Waals surface area contributed by atoms with E-state index in [-0.39, 0.29) is 23.7 Å². The van der Waals surface area contributed by atoms with Crippen molar-refractivity contribution >= 4 is 11.9 Å². The molecule has 1 amide bonds. The smallest absolute Gasteiger partial charge is 0.475 e. The summed E-state index contributed by atoms with van der Waals surface area (Å²) in [5.74, 6) is -3.12. The number of carbonyl (C=O) groups is 2. The molecule has 3 heterocycles. The molecule has 1 saturated heterocycles. The minimum Gasteiger partial charge on any atom is -0.475 e. The number of amides is 1. The number of aliphatic carboxylic acids is 1. The van der Waals surface area contributed by atoms with Crippen molar-refractivity contribution in [3.05, 3.63) is 66.2 Å². The van der Waals surface area contributed by atoms with Gasteiger partial charge in [0, 0.05) is 31.0 Å². The first-order valence-corrected chi connectivity index (χ1v) is 10.6. The maximum Gasteiger partial charge on any atom is 0.490 e. The average Bonchev–Trinajstić information content (AvgIpc) is 3.51. The summed E-state index contributed by atoms with van der Waals surface area (Å²) in [5.41, 5.74) is 0.287.